The molecule has 31 heavy (non-hydrogen) atoms. The first kappa shape index (κ1) is 27.9. The third-order valence-corrected chi connectivity index (χ3v) is 8.77. The van der Waals surface area contributed by atoms with E-state index in [-0.39, 0.29) is 5.54 Å². The molecule has 182 valence electrons. The molecule has 7 nitrogen and oxygen atoms in total. The number of hydrogen-bond acceptors (Lipinski definition) is 5. The predicted molar refractivity (Wildman–Crippen MR) is 99.1 cm³/mol. The van der Waals surface area contributed by atoms with Gasteiger partial charge in [-0.15, -0.1) is 0 Å². The Morgan fingerprint density at radius 2 is 1.42 bits per heavy atom. The van der Waals surface area contributed by atoms with Crippen LogP contribution in [-0.2, 0) is 20.0 Å². The number of fused-ring (bicyclic) bond motifs is 2. The van der Waals surface area contributed by atoms with E-state index in [0.29, 0.717) is 0 Å². The summed E-state index contributed by atoms with van der Waals surface area (Å²) in [6.45, 7) is 3.49. The van der Waals surface area contributed by atoms with E-state index in [1.807, 2.05) is 0 Å². The van der Waals surface area contributed by atoms with Crippen molar-refractivity contribution in [1.29, 1.82) is 5.26 Å². The molecule has 2 aliphatic rings. The number of nitrogens with zero attached hydrogens (tertiary/aromatic N) is 3. The molecule has 1 atom stereocenters. The third-order valence-electron chi connectivity index (χ3n) is 6.03. The Kier molecular flexibility index (Phi) is 8.47. The molecule has 2 fully saturated rings. The molecule has 2 saturated heterocycles. The number of sulfonamides is 2. The summed E-state index contributed by atoms with van der Waals surface area (Å²) in [6, 6.07) is 3.47. The van der Waals surface area contributed by atoms with Crippen molar-refractivity contribution >= 4 is 20.0 Å². The second-order valence-corrected chi connectivity index (χ2v) is 11.3. The average Bonchev–Trinajstić information content (AvgIpc) is 3.04. The van der Waals surface area contributed by atoms with Crippen molar-refractivity contribution in [2.45, 2.75) is 80.9 Å². The number of halogens is 6. The molecule has 0 radical (unpaired) electrons. The summed E-state index contributed by atoms with van der Waals surface area (Å²) in [6.07, 6.45) is 10.2. The first-order valence-electron chi connectivity index (χ1n) is 9.52. The smallest absolute Gasteiger partial charge is 0.421 e. The lowest BCUT2D eigenvalue weighted by Crippen LogP contribution is -2.56. The highest BCUT2D eigenvalue weighted by atomic mass is 32.3. The third kappa shape index (κ3) is 5.82. The standard InChI is InChI=1S/C14H25N2.C2F6NO4S2/c1-3-4-5-6-11-16(2)13-7-9-14(16,12-15)10-8-13;3-1(4,5)14(10,11)9-15(12,13)2(6,7)8/h13H,3-11H2,1-2H3;/q+1;-1. The van der Waals surface area contributed by atoms with Gasteiger partial charge in [0, 0.05) is 25.7 Å². The molecule has 0 spiro atoms. The van der Waals surface area contributed by atoms with Crippen LogP contribution in [0.4, 0.5) is 26.3 Å². The Labute approximate surface area is 178 Å². The van der Waals surface area contributed by atoms with Gasteiger partial charge in [-0.25, -0.2) is 16.8 Å². The van der Waals surface area contributed by atoms with Crippen LogP contribution in [0.2, 0.25) is 0 Å². The monoisotopic (exact) mass is 501 g/mol. The molecule has 2 bridgehead atoms. The first-order chi connectivity index (χ1) is 13.9. The van der Waals surface area contributed by atoms with Gasteiger partial charge in [0.15, 0.2) is 25.6 Å². The second-order valence-electron chi connectivity index (χ2n) is 7.84. The summed E-state index contributed by atoms with van der Waals surface area (Å²) in [5.74, 6) is 0. The minimum Gasteiger partial charge on any atom is -0.421 e. The molecule has 2 heterocycles. The minimum atomic E-state index is -6.72. The lowest BCUT2D eigenvalue weighted by atomic mass is 9.89. The predicted octanol–water partition coefficient (Wildman–Crippen LogP) is 4.29. The molecule has 0 aromatic heterocycles. The molecule has 0 saturated carbocycles. The number of quaternary nitrogens is 1. The van der Waals surface area contributed by atoms with Crippen molar-refractivity contribution in [3.8, 4) is 6.07 Å². The van der Waals surface area contributed by atoms with E-state index >= 15 is 0 Å². The zero-order valence-corrected chi connectivity index (χ0v) is 18.6. The van der Waals surface area contributed by atoms with Crippen LogP contribution >= 0.6 is 0 Å². The molecular weight excluding hydrogens is 476 g/mol. The molecule has 2 aliphatic heterocycles. The van der Waals surface area contributed by atoms with Crippen LogP contribution in [-0.4, -0.2) is 57.5 Å². The fraction of sp³-hybridized carbons (Fsp3) is 0.938. The van der Waals surface area contributed by atoms with Crippen LogP contribution in [0, 0.1) is 11.3 Å². The van der Waals surface area contributed by atoms with Gasteiger partial charge in [-0.3, -0.25) is 0 Å². The summed E-state index contributed by atoms with van der Waals surface area (Å²) in [4.78, 5) is 0. The van der Waals surface area contributed by atoms with Crippen LogP contribution in [0.15, 0.2) is 0 Å². The van der Waals surface area contributed by atoms with E-state index in [2.05, 4.69) is 20.0 Å². The van der Waals surface area contributed by atoms with Gasteiger partial charge in [-0.2, -0.15) is 31.6 Å². The van der Waals surface area contributed by atoms with Crippen molar-refractivity contribution in [2.75, 3.05) is 13.6 Å². The zero-order valence-electron chi connectivity index (χ0n) is 17.0. The highest BCUT2D eigenvalue weighted by molar-refractivity contribution is 8.13. The summed E-state index contributed by atoms with van der Waals surface area (Å²) in [5.41, 5.74) is -12.4. The van der Waals surface area contributed by atoms with Crippen LogP contribution in [0.5, 0.6) is 0 Å². The summed E-state index contributed by atoms with van der Waals surface area (Å²) in [5, 5.41) is 9.52. The molecule has 15 heteroatoms. The molecule has 0 N–H and O–H groups in total. The van der Waals surface area contributed by atoms with Crippen LogP contribution in [0.3, 0.4) is 0 Å². The molecule has 0 aromatic rings. The second kappa shape index (κ2) is 9.40. The maximum absolute atomic E-state index is 11.4. The fourth-order valence-corrected chi connectivity index (χ4v) is 5.92. The zero-order chi connectivity index (χ0) is 24.4. The SMILES string of the molecule is CCCCCC[N+]1(C)C2CCC1(C#N)CC2.O=S(=O)([N-]S(=O)(=O)C(F)(F)F)C(F)(F)F. The van der Waals surface area contributed by atoms with E-state index < -0.39 is 31.1 Å². The fourth-order valence-electron chi connectivity index (χ4n) is 4.21. The molecule has 1 unspecified atom stereocenters. The van der Waals surface area contributed by atoms with Gasteiger partial charge in [-0.05, 0) is 12.8 Å². The maximum atomic E-state index is 11.4. The molecular formula is C16H25F6N3O4S2. The van der Waals surface area contributed by atoms with Crippen LogP contribution in [0.25, 0.3) is 4.13 Å². The van der Waals surface area contributed by atoms with Gasteiger partial charge in [0.2, 0.25) is 0 Å². The van der Waals surface area contributed by atoms with Crippen molar-refractivity contribution in [2.24, 2.45) is 0 Å². The van der Waals surface area contributed by atoms with E-state index in [1.165, 1.54) is 45.1 Å². The molecule has 0 aromatic carbocycles. The number of hydrogen-bond donors (Lipinski definition) is 0. The Hall–Kier alpha value is -1.11. The summed E-state index contributed by atoms with van der Waals surface area (Å²) >= 11 is 0. The molecule has 2 rings (SSSR count). The Balaban J connectivity index is 0.000000311. The Morgan fingerprint density at radius 1 is 0.968 bits per heavy atom. The van der Waals surface area contributed by atoms with Crippen molar-refractivity contribution in [3.05, 3.63) is 4.13 Å². The van der Waals surface area contributed by atoms with Gasteiger partial charge in [0.1, 0.15) is 6.07 Å². The Morgan fingerprint density at radius 3 is 1.77 bits per heavy atom. The van der Waals surface area contributed by atoms with Crippen LogP contribution in [0.1, 0.15) is 58.3 Å². The van der Waals surface area contributed by atoms with Gasteiger partial charge < -0.3 is 8.61 Å². The quantitative estimate of drug-likeness (QED) is 0.294. The summed E-state index contributed by atoms with van der Waals surface area (Å²) < 4.78 is 110. The van der Waals surface area contributed by atoms with Gasteiger partial charge >= 0.3 is 11.0 Å². The number of alkyl halides is 6. The number of nitriles is 1. The highest BCUT2D eigenvalue weighted by Crippen LogP contribution is 2.51. The van der Waals surface area contributed by atoms with Crippen molar-refractivity contribution in [1.82, 2.24) is 0 Å². The summed E-state index contributed by atoms with van der Waals surface area (Å²) in [7, 11) is -11.1. The van der Waals surface area contributed by atoms with Crippen LogP contribution < -0.4 is 0 Å². The van der Waals surface area contributed by atoms with E-state index in [0.717, 1.165) is 27.5 Å². The number of rotatable bonds is 7. The molecule has 0 amide bonds. The Bertz CT molecular complexity index is 831. The minimum absolute atomic E-state index is 0.00309. The average molecular weight is 502 g/mol. The van der Waals surface area contributed by atoms with Crippen molar-refractivity contribution in [3.63, 3.8) is 0 Å². The van der Waals surface area contributed by atoms with Crippen molar-refractivity contribution < 1.29 is 47.7 Å². The largest absolute Gasteiger partial charge is 0.480 e. The maximum Gasteiger partial charge on any atom is 0.480 e. The van der Waals surface area contributed by atoms with Gasteiger partial charge in [0.25, 0.3) is 0 Å². The molecule has 0 aliphatic carbocycles. The lowest BCUT2D eigenvalue weighted by Gasteiger charge is -2.40. The van der Waals surface area contributed by atoms with E-state index in [9.17, 15) is 48.4 Å². The first-order valence-corrected chi connectivity index (χ1v) is 12.4. The van der Waals surface area contributed by atoms with E-state index in [1.54, 1.807) is 0 Å². The van der Waals surface area contributed by atoms with Gasteiger partial charge in [0.05, 0.1) is 19.6 Å². The normalized spacial score (nSPS) is 28.7. The highest BCUT2D eigenvalue weighted by Gasteiger charge is 2.62. The number of unbranched alkanes of at least 4 members (excludes halogenated alkanes) is 3. The van der Waals surface area contributed by atoms with E-state index in [4.69, 9.17) is 0 Å². The lowest BCUT2D eigenvalue weighted by molar-refractivity contribution is -0.946. The van der Waals surface area contributed by atoms with Gasteiger partial charge in [-0.1, -0.05) is 19.8 Å². The topological polar surface area (TPSA) is 106 Å².